The number of carbonyl (C=O) groups is 1. The van der Waals surface area contributed by atoms with Gasteiger partial charge in [-0.2, -0.15) is 5.26 Å². The van der Waals surface area contributed by atoms with Gasteiger partial charge >= 0.3 is 5.97 Å². The van der Waals surface area contributed by atoms with Gasteiger partial charge in [0.2, 0.25) is 10.0 Å². The largest absolute Gasteiger partial charge is 0.481 e. The molecule has 0 saturated heterocycles. The molecule has 0 radical (unpaired) electrons. The Hall–Kier alpha value is -2.07. The second-order valence-corrected chi connectivity index (χ2v) is 5.71. The number of rotatable bonds is 5. The number of aliphatic carboxylic acids is 1. The standard InChI is InChI=1S/C11H12N2O4S/c1-13(18(16,17)7-6-11(14)15)10-4-2-9(8-12)3-5-10/h2-5H,6-7H2,1H3,(H,14,15). The lowest BCUT2D eigenvalue weighted by Gasteiger charge is -2.18. The molecule has 0 amide bonds. The fourth-order valence-electron chi connectivity index (χ4n) is 1.26. The summed E-state index contributed by atoms with van der Waals surface area (Å²) in [4.78, 5) is 10.4. The molecule has 0 unspecified atom stereocenters. The van der Waals surface area contributed by atoms with Crippen LogP contribution in [0, 0.1) is 11.3 Å². The topological polar surface area (TPSA) is 98.5 Å². The number of carboxylic acid groups (broad SMARTS) is 1. The Morgan fingerprint density at radius 3 is 2.39 bits per heavy atom. The van der Waals surface area contributed by atoms with Gasteiger partial charge in [-0.3, -0.25) is 9.10 Å². The maximum absolute atomic E-state index is 11.8. The Kier molecular flexibility index (Phi) is 4.28. The highest BCUT2D eigenvalue weighted by Crippen LogP contribution is 2.17. The lowest BCUT2D eigenvalue weighted by Crippen LogP contribution is -2.29. The number of nitriles is 1. The fourth-order valence-corrected chi connectivity index (χ4v) is 2.41. The van der Waals surface area contributed by atoms with Crippen molar-refractivity contribution in [2.24, 2.45) is 0 Å². The van der Waals surface area contributed by atoms with Gasteiger partial charge in [-0.1, -0.05) is 0 Å². The molecule has 0 aromatic heterocycles. The van der Waals surface area contributed by atoms with Gasteiger partial charge < -0.3 is 5.11 Å². The van der Waals surface area contributed by atoms with E-state index >= 15 is 0 Å². The summed E-state index contributed by atoms with van der Waals surface area (Å²) in [6.45, 7) is 0. The van der Waals surface area contributed by atoms with E-state index in [1.165, 1.54) is 31.3 Å². The molecule has 0 fully saturated rings. The highest BCUT2D eigenvalue weighted by Gasteiger charge is 2.19. The van der Waals surface area contributed by atoms with Crippen molar-refractivity contribution in [1.29, 1.82) is 5.26 Å². The second-order valence-electron chi connectivity index (χ2n) is 3.59. The van der Waals surface area contributed by atoms with Crippen LogP contribution in [0.1, 0.15) is 12.0 Å². The van der Waals surface area contributed by atoms with Crippen LogP contribution in [-0.4, -0.2) is 32.3 Å². The predicted molar refractivity (Wildman–Crippen MR) is 65.6 cm³/mol. The van der Waals surface area contributed by atoms with Gasteiger partial charge in [-0.25, -0.2) is 8.42 Å². The number of benzene rings is 1. The minimum Gasteiger partial charge on any atom is -0.481 e. The molecule has 1 aromatic carbocycles. The summed E-state index contributed by atoms with van der Waals surface area (Å²) in [7, 11) is -2.31. The van der Waals surface area contributed by atoms with E-state index < -0.39 is 28.2 Å². The first-order valence-corrected chi connectivity index (χ1v) is 6.66. The first kappa shape index (κ1) is 14.0. The van der Waals surface area contributed by atoms with E-state index in [4.69, 9.17) is 10.4 Å². The number of hydrogen-bond acceptors (Lipinski definition) is 4. The molecular formula is C11H12N2O4S. The van der Waals surface area contributed by atoms with Crippen LogP contribution in [0.3, 0.4) is 0 Å². The zero-order valence-corrected chi connectivity index (χ0v) is 10.5. The molecule has 96 valence electrons. The highest BCUT2D eigenvalue weighted by atomic mass is 32.2. The first-order chi connectivity index (χ1) is 8.36. The number of carboxylic acids is 1. The number of hydrogen-bond donors (Lipinski definition) is 1. The number of anilines is 1. The molecule has 0 saturated carbocycles. The second kappa shape index (κ2) is 5.51. The van der Waals surface area contributed by atoms with Crippen LogP contribution < -0.4 is 4.31 Å². The van der Waals surface area contributed by atoms with Gasteiger partial charge in [0.15, 0.2) is 0 Å². The molecule has 6 nitrogen and oxygen atoms in total. The van der Waals surface area contributed by atoms with Gasteiger partial charge in [0.25, 0.3) is 0 Å². The molecule has 0 aliphatic carbocycles. The Balaban J connectivity index is 2.88. The predicted octanol–water partition coefficient (Wildman–Crippen LogP) is 0.799. The molecule has 0 atom stereocenters. The van der Waals surface area contributed by atoms with E-state index in [9.17, 15) is 13.2 Å². The Morgan fingerprint density at radius 2 is 1.94 bits per heavy atom. The molecule has 0 aliphatic heterocycles. The quantitative estimate of drug-likeness (QED) is 0.851. The summed E-state index contributed by atoms with van der Waals surface area (Å²) >= 11 is 0. The Bertz CT molecular complexity index is 572. The monoisotopic (exact) mass is 268 g/mol. The number of nitrogens with zero attached hydrogens (tertiary/aromatic N) is 2. The third-order valence-electron chi connectivity index (χ3n) is 2.35. The van der Waals surface area contributed by atoms with E-state index in [2.05, 4.69) is 0 Å². The Morgan fingerprint density at radius 1 is 1.39 bits per heavy atom. The summed E-state index contributed by atoms with van der Waals surface area (Å²) in [6, 6.07) is 7.92. The van der Waals surface area contributed by atoms with Crippen molar-refractivity contribution in [1.82, 2.24) is 0 Å². The molecule has 0 spiro atoms. The zero-order valence-electron chi connectivity index (χ0n) is 9.70. The molecule has 18 heavy (non-hydrogen) atoms. The first-order valence-electron chi connectivity index (χ1n) is 5.05. The van der Waals surface area contributed by atoms with Crippen LogP contribution in [0.15, 0.2) is 24.3 Å². The van der Waals surface area contributed by atoms with Crippen molar-refractivity contribution in [3.63, 3.8) is 0 Å². The molecule has 0 aliphatic rings. The summed E-state index contributed by atoms with van der Waals surface area (Å²) < 4.78 is 24.6. The molecule has 0 heterocycles. The van der Waals surface area contributed by atoms with Crippen molar-refractivity contribution in [2.45, 2.75) is 6.42 Å². The van der Waals surface area contributed by atoms with E-state index in [1.54, 1.807) is 0 Å². The van der Waals surface area contributed by atoms with E-state index in [1.807, 2.05) is 6.07 Å². The molecule has 1 N–H and O–H groups in total. The van der Waals surface area contributed by atoms with Gasteiger partial charge in [0.05, 0.1) is 29.5 Å². The van der Waals surface area contributed by atoms with E-state index in [0.29, 0.717) is 11.3 Å². The van der Waals surface area contributed by atoms with Crippen molar-refractivity contribution < 1.29 is 18.3 Å². The van der Waals surface area contributed by atoms with Crippen LogP contribution in [0.25, 0.3) is 0 Å². The lowest BCUT2D eigenvalue weighted by atomic mass is 10.2. The fraction of sp³-hybridized carbons (Fsp3) is 0.273. The van der Waals surface area contributed by atoms with Crippen LogP contribution in [0.5, 0.6) is 0 Å². The van der Waals surface area contributed by atoms with Crippen molar-refractivity contribution in [3.05, 3.63) is 29.8 Å². The van der Waals surface area contributed by atoms with Gasteiger partial charge in [0, 0.05) is 7.05 Å². The van der Waals surface area contributed by atoms with Crippen molar-refractivity contribution in [3.8, 4) is 6.07 Å². The van der Waals surface area contributed by atoms with Crippen LogP contribution >= 0.6 is 0 Å². The van der Waals surface area contributed by atoms with Gasteiger partial charge in [0.1, 0.15) is 0 Å². The molecule has 0 bridgehead atoms. The smallest absolute Gasteiger partial charge is 0.304 e. The average molecular weight is 268 g/mol. The van der Waals surface area contributed by atoms with Crippen LogP contribution in [0.2, 0.25) is 0 Å². The van der Waals surface area contributed by atoms with E-state index in [0.717, 1.165) is 4.31 Å². The zero-order chi connectivity index (χ0) is 13.8. The molecular weight excluding hydrogens is 256 g/mol. The van der Waals surface area contributed by atoms with Gasteiger partial charge in [-0.05, 0) is 24.3 Å². The summed E-state index contributed by atoms with van der Waals surface area (Å²) in [5.41, 5.74) is 0.814. The average Bonchev–Trinajstić information content (AvgIpc) is 2.36. The highest BCUT2D eigenvalue weighted by molar-refractivity contribution is 7.92. The maximum atomic E-state index is 11.8. The van der Waals surface area contributed by atoms with Crippen molar-refractivity contribution in [2.75, 3.05) is 17.1 Å². The Labute approximate surface area is 105 Å². The van der Waals surface area contributed by atoms with Crippen LogP contribution in [0.4, 0.5) is 5.69 Å². The minimum absolute atomic E-state index is 0.388. The summed E-state index contributed by atoms with van der Waals surface area (Å²) in [5.74, 6) is -1.62. The summed E-state index contributed by atoms with van der Waals surface area (Å²) in [5, 5.41) is 17.1. The normalized spacial score (nSPS) is 10.7. The number of sulfonamides is 1. The van der Waals surface area contributed by atoms with E-state index in [-0.39, 0.29) is 0 Å². The maximum Gasteiger partial charge on any atom is 0.304 e. The van der Waals surface area contributed by atoms with Crippen molar-refractivity contribution >= 4 is 21.7 Å². The lowest BCUT2D eigenvalue weighted by molar-refractivity contribution is -0.136. The third kappa shape index (κ3) is 3.46. The minimum atomic E-state index is -3.66. The SMILES string of the molecule is CN(c1ccc(C#N)cc1)S(=O)(=O)CCC(=O)O. The molecule has 7 heteroatoms. The molecule has 1 rings (SSSR count). The van der Waals surface area contributed by atoms with Gasteiger partial charge in [-0.15, -0.1) is 0 Å². The third-order valence-corrected chi connectivity index (χ3v) is 4.12. The van der Waals surface area contributed by atoms with Crippen LogP contribution in [-0.2, 0) is 14.8 Å². The molecule has 1 aromatic rings. The summed E-state index contributed by atoms with van der Waals surface area (Å²) in [6.07, 6.45) is -0.442.